The highest BCUT2D eigenvalue weighted by atomic mass is 35.5. The quantitative estimate of drug-likeness (QED) is 0.931. The summed E-state index contributed by atoms with van der Waals surface area (Å²) in [5.74, 6) is -1.04. The summed E-state index contributed by atoms with van der Waals surface area (Å²) in [6, 6.07) is 5.99. The minimum atomic E-state index is -1.11. The van der Waals surface area contributed by atoms with Crippen LogP contribution in [0.3, 0.4) is 0 Å². The summed E-state index contributed by atoms with van der Waals surface area (Å²) in [6.07, 6.45) is 0. The van der Waals surface area contributed by atoms with Crippen LogP contribution >= 0.6 is 11.6 Å². The monoisotopic (exact) mass is 292 g/mol. The normalized spacial score (nSPS) is 11.1. The predicted octanol–water partition coefficient (Wildman–Crippen LogP) is 3.96. The van der Waals surface area contributed by atoms with Crippen molar-refractivity contribution in [2.24, 2.45) is 0 Å². The molecular formula is C15H17ClN2O2. The lowest BCUT2D eigenvalue weighted by Crippen LogP contribution is -2.05. The lowest BCUT2D eigenvalue weighted by atomic mass is 10.1. The second kappa shape index (κ2) is 5.29. The molecule has 0 spiro atoms. The van der Waals surface area contributed by atoms with Gasteiger partial charge >= 0.3 is 5.97 Å². The molecule has 2 rings (SSSR count). The predicted molar refractivity (Wildman–Crippen MR) is 79.1 cm³/mol. The van der Waals surface area contributed by atoms with Crippen molar-refractivity contribution in [1.29, 1.82) is 0 Å². The molecule has 5 heteroatoms. The minimum absolute atomic E-state index is 0.0731. The number of carboxylic acid groups (broad SMARTS) is 1. The van der Waals surface area contributed by atoms with Crippen LogP contribution in [0.4, 0.5) is 0 Å². The molecule has 0 amide bonds. The van der Waals surface area contributed by atoms with Crippen molar-refractivity contribution in [1.82, 2.24) is 9.78 Å². The fraction of sp³-hybridized carbons (Fsp3) is 0.333. The van der Waals surface area contributed by atoms with Crippen LogP contribution in [-0.2, 0) is 0 Å². The molecular weight excluding hydrogens is 276 g/mol. The first-order chi connectivity index (χ1) is 9.31. The number of rotatable bonds is 3. The van der Waals surface area contributed by atoms with Crippen molar-refractivity contribution in [3.05, 3.63) is 45.7 Å². The zero-order chi connectivity index (χ0) is 15.0. The number of halogens is 1. The second-order valence-electron chi connectivity index (χ2n) is 5.27. The molecule has 0 unspecified atom stereocenters. The molecule has 1 heterocycles. The van der Waals surface area contributed by atoms with Gasteiger partial charge in [-0.3, -0.25) is 0 Å². The lowest BCUT2D eigenvalue weighted by molar-refractivity contribution is 0.0690. The molecule has 0 aliphatic carbocycles. The number of benzene rings is 1. The largest absolute Gasteiger partial charge is 0.476 e. The fourth-order valence-electron chi connectivity index (χ4n) is 2.32. The number of hydrogen-bond acceptors (Lipinski definition) is 2. The second-order valence-corrected chi connectivity index (χ2v) is 5.64. The first-order valence-corrected chi connectivity index (χ1v) is 6.79. The van der Waals surface area contributed by atoms with E-state index in [9.17, 15) is 9.90 Å². The zero-order valence-electron chi connectivity index (χ0n) is 11.9. The molecule has 1 aromatic heterocycles. The van der Waals surface area contributed by atoms with Gasteiger partial charge in [-0.25, -0.2) is 9.48 Å². The number of hydrogen-bond donors (Lipinski definition) is 1. The third-order valence-corrected chi connectivity index (χ3v) is 3.43. The maximum atomic E-state index is 11.2. The van der Waals surface area contributed by atoms with Gasteiger partial charge in [0.05, 0.1) is 16.4 Å². The van der Waals surface area contributed by atoms with E-state index in [0.717, 1.165) is 16.8 Å². The van der Waals surface area contributed by atoms with E-state index in [1.807, 2.05) is 39.8 Å². The summed E-state index contributed by atoms with van der Waals surface area (Å²) in [5, 5.41) is 13.6. The van der Waals surface area contributed by atoms with E-state index in [4.69, 9.17) is 11.6 Å². The smallest absolute Gasteiger partial charge is 0.358 e. The van der Waals surface area contributed by atoms with Crippen LogP contribution in [0.5, 0.6) is 0 Å². The van der Waals surface area contributed by atoms with Gasteiger partial charge in [-0.2, -0.15) is 5.10 Å². The van der Waals surface area contributed by atoms with E-state index >= 15 is 0 Å². The molecule has 0 saturated carbocycles. The van der Waals surface area contributed by atoms with Crippen molar-refractivity contribution in [2.75, 3.05) is 0 Å². The molecule has 0 radical (unpaired) electrons. The summed E-state index contributed by atoms with van der Waals surface area (Å²) in [4.78, 5) is 11.2. The van der Waals surface area contributed by atoms with Gasteiger partial charge in [0, 0.05) is 0 Å². The first-order valence-electron chi connectivity index (χ1n) is 6.41. The molecule has 0 bridgehead atoms. The Balaban J connectivity index is 2.72. The van der Waals surface area contributed by atoms with Gasteiger partial charge in [0.25, 0.3) is 0 Å². The number of carboxylic acids is 1. The van der Waals surface area contributed by atoms with Crippen molar-refractivity contribution in [3.63, 3.8) is 0 Å². The average Bonchev–Trinajstić information content (AvgIpc) is 2.65. The van der Waals surface area contributed by atoms with Crippen molar-refractivity contribution in [2.45, 2.75) is 33.6 Å². The molecule has 20 heavy (non-hydrogen) atoms. The number of carbonyl (C=O) groups is 1. The van der Waals surface area contributed by atoms with Crippen LogP contribution in [-0.4, -0.2) is 20.9 Å². The highest BCUT2D eigenvalue weighted by Gasteiger charge is 2.23. The van der Waals surface area contributed by atoms with Crippen LogP contribution in [0.15, 0.2) is 18.2 Å². The highest BCUT2D eigenvalue weighted by molar-refractivity contribution is 6.34. The Morgan fingerprint density at radius 2 is 1.80 bits per heavy atom. The molecule has 0 aliphatic heterocycles. The number of nitrogens with zero attached hydrogens (tertiary/aromatic N) is 2. The number of aromatic nitrogens is 2. The van der Waals surface area contributed by atoms with E-state index in [-0.39, 0.29) is 16.6 Å². The standard InChI is InChI=1S/C15H17ClN2O2/c1-8(2)14-12(16)13(15(19)20)17-18(14)11-6-9(3)5-10(4)7-11/h5-8H,1-4H3,(H,19,20). The third kappa shape index (κ3) is 2.56. The Morgan fingerprint density at radius 1 is 1.25 bits per heavy atom. The Hall–Kier alpha value is -1.81. The van der Waals surface area contributed by atoms with E-state index in [1.165, 1.54) is 0 Å². The topological polar surface area (TPSA) is 55.1 Å². The molecule has 4 nitrogen and oxygen atoms in total. The third-order valence-electron chi connectivity index (χ3n) is 3.06. The maximum Gasteiger partial charge on any atom is 0.358 e. The van der Waals surface area contributed by atoms with E-state index < -0.39 is 5.97 Å². The molecule has 0 aliphatic rings. The molecule has 0 saturated heterocycles. The summed E-state index contributed by atoms with van der Waals surface area (Å²) >= 11 is 6.18. The van der Waals surface area contributed by atoms with Gasteiger partial charge in [0.15, 0.2) is 5.69 Å². The van der Waals surface area contributed by atoms with E-state index in [1.54, 1.807) is 4.68 Å². The minimum Gasteiger partial charge on any atom is -0.476 e. The van der Waals surface area contributed by atoms with Gasteiger partial charge in [0.1, 0.15) is 0 Å². The Kier molecular flexibility index (Phi) is 3.86. The van der Waals surface area contributed by atoms with Gasteiger partial charge in [-0.15, -0.1) is 0 Å². The van der Waals surface area contributed by atoms with Gasteiger partial charge in [-0.05, 0) is 43.0 Å². The van der Waals surface area contributed by atoms with Gasteiger partial charge < -0.3 is 5.11 Å². The van der Waals surface area contributed by atoms with Crippen molar-refractivity contribution in [3.8, 4) is 5.69 Å². The Morgan fingerprint density at radius 3 is 2.25 bits per heavy atom. The highest BCUT2D eigenvalue weighted by Crippen LogP contribution is 2.30. The molecule has 0 fully saturated rings. The Labute approximate surface area is 123 Å². The van der Waals surface area contributed by atoms with Crippen LogP contribution in [0.2, 0.25) is 5.02 Å². The van der Waals surface area contributed by atoms with E-state index in [0.29, 0.717) is 5.69 Å². The van der Waals surface area contributed by atoms with Crippen LogP contribution in [0.1, 0.15) is 47.1 Å². The van der Waals surface area contributed by atoms with Gasteiger partial charge in [0.2, 0.25) is 0 Å². The first kappa shape index (κ1) is 14.6. The van der Waals surface area contributed by atoms with Gasteiger partial charge in [-0.1, -0.05) is 31.5 Å². The van der Waals surface area contributed by atoms with E-state index in [2.05, 4.69) is 11.2 Å². The summed E-state index contributed by atoms with van der Waals surface area (Å²) < 4.78 is 1.64. The summed E-state index contributed by atoms with van der Waals surface area (Å²) in [6.45, 7) is 7.92. The van der Waals surface area contributed by atoms with Crippen LogP contribution in [0, 0.1) is 13.8 Å². The number of aryl methyl sites for hydroxylation is 2. The Bertz CT molecular complexity index is 655. The summed E-state index contributed by atoms with van der Waals surface area (Å²) in [7, 11) is 0. The van der Waals surface area contributed by atoms with Crippen LogP contribution in [0.25, 0.3) is 5.69 Å². The number of aromatic carboxylic acids is 1. The summed E-state index contributed by atoms with van der Waals surface area (Å²) in [5.41, 5.74) is 3.64. The SMILES string of the molecule is Cc1cc(C)cc(-n2nc(C(=O)O)c(Cl)c2C(C)C)c1. The molecule has 2 aromatic rings. The van der Waals surface area contributed by atoms with Crippen molar-refractivity contribution < 1.29 is 9.90 Å². The molecule has 106 valence electrons. The molecule has 0 atom stereocenters. The zero-order valence-corrected chi connectivity index (χ0v) is 12.7. The van der Waals surface area contributed by atoms with Crippen LogP contribution < -0.4 is 0 Å². The lowest BCUT2D eigenvalue weighted by Gasteiger charge is -2.12. The molecule has 1 N–H and O–H groups in total. The average molecular weight is 293 g/mol. The van der Waals surface area contributed by atoms with Crippen molar-refractivity contribution >= 4 is 17.6 Å². The fourth-order valence-corrected chi connectivity index (χ4v) is 2.73. The maximum absolute atomic E-state index is 11.2. The molecule has 1 aromatic carbocycles.